The number of carboxylic acid groups (broad SMARTS) is 1. The average Bonchev–Trinajstić information content (AvgIpc) is 2.46. The highest BCUT2D eigenvalue weighted by atomic mass is 16.5. The molecule has 4 N–H and O–H groups in total. The van der Waals surface area contributed by atoms with Crippen molar-refractivity contribution in [3.63, 3.8) is 0 Å². The van der Waals surface area contributed by atoms with Gasteiger partial charge < -0.3 is 20.9 Å². The number of anilines is 1. The number of nitrogens with one attached hydrogen (secondary N) is 1. The predicted molar refractivity (Wildman–Crippen MR) is 82.3 cm³/mol. The molecule has 0 aliphatic rings. The third-order valence-corrected chi connectivity index (χ3v) is 3.04. The number of nitrogens with two attached hydrogens (primary N) is 1. The molecule has 0 atom stereocenters. The summed E-state index contributed by atoms with van der Waals surface area (Å²) >= 11 is 0. The summed E-state index contributed by atoms with van der Waals surface area (Å²) in [7, 11) is 0. The molecule has 0 heterocycles. The molecule has 0 fully saturated rings. The Balaban J connectivity index is 2.31. The molecule has 1 amide bonds. The van der Waals surface area contributed by atoms with Gasteiger partial charge in [0.15, 0.2) is 0 Å². The van der Waals surface area contributed by atoms with Crippen LogP contribution in [0.1, 0.15) is 12.5 Å². The fourth-order valence-electron chi connectivity index (χ4n) is 2.12. The monoisotopic (exact) mass is 286 g/mol. The number of hydrogen-bond donors (Lipinski definition) is 3. The van der Waals surface area contributed by atoms with E-state index >= 15 is 0 Å². The van der Waals surface area contributed by atoms with Crippen LogP contribution in [0, 0.1) is 0 Å². The molecular weight excluding hydrogens is 268 g/mol. The molecule has 0 bridgehead atoms. The van der Waals surface area contributed by atoms with Gasteiger partial charge in [-0.3, -0.25) is 0 Å². The van der Waals surface area contributed by atoms with Gasteiger partial charge in [-0.05, 0) is 24.6 Å². The van der Waals surface area contributed by atoms with Gasteiger partial charge in [-0.2, -0.15) is 0 Å². The van der Waals surface area contributed by atoms with E-state index in [-0.39, 0.29) is 6.54 Å². The van der Waals surface area contributed by atoms with Crippen LogP contribution >= 0.6 is 0 Å². The zero-order valence-corrected chi connectivity index (χ0v) is 11.8. The maximum Gasteiger partial charge on any atom is 0.404 e. The fraction of sp³-hybridized carbons (Fsp3) is 0.188. The van der Waals surface area contributed by atoms with Gasteiger partial charge in [0.25, 0.3) is 0 Å². The molecule has 0 aliphatic carbocycles. The molecule has 2 aromatic rings. The van der Waals surface area contributed by atoms with E-state index in [9.17, 15) is 4.79 Å². The van der Waals surface area contributed by atoms with Gasteiger partial charge in [-0.25, -0.2) is 4.79 Å². The van der Waals surface area contributed by atoms with E-state index in [0.29, 0.717) is 12.3 Å². The normalized spacial score (nSPS) is 10.1. The van der Waals surface area contributed by atoms with Crippen LogP contribution in [-0.4, -0.2) is 17.8 Å². The lowest BCUT2D eigenvalue weighted by Gasteiger charge is -2.13. The first-order valence-corrected chi connectivity index (χ1v) is 6.69. The molecule has 0 radical (unpaired) electrons. The van der Waals surface area contributed by atoms with Crippen molar-refractivity contribution in [2.75, 3.05) is 12.3 Å². The summed E-state index contributed by atoms with van der Waals surface area (Å²) < 4.78 is 5.61. The molecule has 5 heteroatoms. The second kappa shape index (κ2) is 6.65. The number of para-hydroxylation sites is 1. The van der Waals surface area contributed by atoms with E-state index in [4.69, 9.17) is 15.6 Å². The van der Waals surface area contributed by atoms with Crippen molar-refractivity contribution >= 4 is 11.8 Å². The van der Waals surface area contributed by atoms with Crippen molar-refractivity contribution in [1.82, 2.24) is 5.32 Å². The van der Waals surface area contributed by atoms with Crippen LogP contribution in [0.15, 0.2) is 42.5 Å². The maximum atomic E-state index is 10.5. The van der Waals surface area contributed by atoms with E-state index in [2.05, 4.69) is 5.32 Å². The van der Waals surface area contributed by atoms with E-state index in [0.717, 1.165) is 22.4 Å². The van der Waals surface area contributed by atoms with Crippen LogP contribution in [-0.2, 0) is 6.54 Å². The number of hydrogen-bond acceptors (Lipinski definition) is 3. The number of benzene rings is 2. The van der Waals surface area contributed by atoms with Gasteiger partial charge in [0.2, 0.25) is 0 Å². The van der Waals surface area contributed by atoms with Gasteiger partial charge >= 0.3 is 6.09 Å². The van der Waals surface area contributed by atoms with Crippen molar-refractivity contribution in [2.24, 2.45) is 0 Å². The first-order chi connectivity index (χ1) is 10.1. The topological polar surface area (TPSA) is 84.6 Å². The number of nitrogen functional groups attached to an aromatic ring is 1. The Morgan fingerprint density at radius 3 is 2.67 bits per heavy atom. The Kier molecular flexibility index (Phi) is 4.66. The predicted octanol–water partition coefficient (Wildman–Crippen LogP) is 3.10. The van der Waals surface area contributed by atoms with Crippen LogP contribution < -0.4 is 15.8 Å². The van der Waals surface area contributed by atoms with Crippen LogP contribution in [0.2, 0.25) is 0 Å². The molecule has 5 nitrogen and oxygen atoms in total. The highest BCUT2D eigenvalue weighted by Gasteiger charge is 2.09. The van der Waals surface area contributed by atoms with Crippen LogP contribution in [0.5, 0.6) is 5.75 Å². The molecule has 0 saturated heterocycles. The van der Waals surface area contributed by atoms with Gasteiger partial charge in [0, 0.05) is 23.4 Å². The van der Waals surface area contributed by atoms with Crippen molar-refractivity contribution in [3.05, 3.63) is 48.0 Å². The Labute approximate surface area is 123 Å². The summed E-state index contributed by atoms with van der Waals surface area (Å²) in [6.45, 7) is 2.74. The van der Waals surface area contributed by atoms with E-state index in [1.165, 1.54) is 0 Å². The molecule has 2 aromatic carbocycles. The molecule has 21 heavy (non-hydrogen) atoms. The van der Waals surface area contributed by atoms with E-state index in [1.54, 1.807) is 6.07 Å². The lowest BCUT2D eigenvalue weighted by Crippen LogP contribution is -2.19. The van der Waals surface area contributed by atoms with Gasteiger partial charge in [0.05, 0.1) is 6.61 Å². The van der Waals surface area contributed by atoms with E-state index < -0.39 is 6.09 Å². The number of carbonyl (C=O) groups is 1. The summed E-state index contributed by atoms with van der Waals surface area (Å²) in [5.74, 6) is 0.781. The molecular formula is C16H18N2O3. The van der Waals surface area contributed by atoms with Gasteiger partial charge in [-0.15, -0.1) is 0 Å². The van der Waals surface area contributed by atoms with Crippen LogP contribution in [0.4, 0.5) is 10.5 Å². The quantitative estimate of drug-likeness (QED) is 0.737. The number of amides is 1. The maximum absolute atomic E-state index is 10.5. The number of ether oxygens (including phenoxy) is 1. The van der Waals surface area contributed by atoms with Crippen molar-refractivity contribution in [1.29, 1.82) is 0 Å². The van der Waals surface area contributed by atoms with Crippen molar-refractivity contribution in [2.45, 2.75) is 13.5 Å². The SMILES string of the molecule is CCOc1ccccc1-c1ccc(CNC(=O)O)cc1N. The zero-order chi connectivity index (χ0) is 15.2. The molecule has 0 saturated carbocycles. The molecule has 0 spiro atoms. The second-order valence-electron chi connectivity index (χ2n) is 4.51. The summed E-state index contributed by atoms with van der Waals surface area (Å²) in [5, 5.41) is 10.9. The highest BCUT2D eigenvalue weighted by Crippen LogP contribution is 2.34. The van der Waals surface area contributed by atoms with Crippen molar-refractivity contribution in [3.8, 4) is 16.9 Å². The Morgan fingerprint density at radius 1 is 1.24 bits per heavy atom. The van der Waals surface area contributed by atoms with Gasteiger partial charge in [0.1, 0.15) is 5.75 Å². The minimum atomic E-state index is -1.06. The largest absolute Gasteiger partial charge is 0.493 e. The number of rotatable bonds is 5. The Bertz CT molecular complexity index is 641. The molecule has 0 unspecified atom stereocenters. The van der Waals surface area contributed by atoms with Crippen molar-refractivity contribution < 1.29 is 14.6 Å². The molecule has 110 valence electrons. The minimum Gasteiger partial charge on any atom is -0.493 e. The lowest BCUT2D eigenvalue weighted by atomic mass is 10.0. The lowest BCUT2D eigenvalue weighted by molar-refractivity contribution is 0.194. The molecule has 0 aliphatic heterocycles. The summed E-state index contributed by atoms with van der Waals surface area (Å²) in [6, 6.07) is 13.2. The van der Waals surface area contributed by atoms with Crippen LogP contribution in [0.3, 0.4) is 0 Å². The standard InChI is InChI=1S/C16H18N2O3/c1-2-21-15-6-4-3-5-13(15)12-8-7-11(9-14(12)17)10-18-16(19)20/h3-9,18H,2,10,17H2,1H3,(H,19,20). The summed E-state index contributed by atoms with van der Waals surface area (Å²) in [5.41, 5.74) is 9.30. The van der Waals surface area contributed by atoms with E-state index in [1.807, 2.05) is 43.3 Å². The first kappa shape index (κ1) is 14.7. The first-order valence-electron chi connectivity index (χ1n) is 6.69. The van der Waals surface area contributed by atoms with Crippen LogP contribution in [0.25, 0.3) is 11.1 Å². The summed E-state index contributed by atoms with van der Waals surface area (Å²) in [6.07, 6.45) is -1.06. The fourth-order valence-corrected chi connectivity index (χ4v) is 2.12. The average molecular weight is 286 g/mol. The second-order valence-corrected chi connectivity index (χ2v) is 4.51. The minimum absolute atomic E-state index is 0.229. The smallest absolute Gasteiger partial charge is 0.404 e. The third-order valence-electron chi connectivity index (χ3n) is 3.04. The highest BCUT2D eigenvalue weighted by molar-refractivity contribution is 5.80. The van der Waals surface area contributed by atoms with Gasteiger partial charge in [-0.1, -0.05) is 30.3 Å². The molecule has 0 aromatic heterocycles. The molecule has 2 rings (SSSR count). The zero-order valence-electron chi connectivity index (χ0n) is 11.8. The summed E-state index contributed by atoms with van der Waals surface area (Å²) in [4.78, 5) is 10.5. The Hall–Kier alpha value is -2.69. The Morgan fingerprint density at radius 2 is 2.00 bits per heavy atom. The third kappa shape index (κ3) is 3.66.